The van der Waals surface area contributed by atoms with E-state index in [1.54, 1.807) is 6.07 Å². The summed E-state index contributed by atoms with van der Waals surface area (Å²) in [6.07, 6.45) is 0. The van der Waals surface area contributed by atoms with Crippen molar-refractivity contribution in [3.05, 3.63) is 62.9 Å². The largest absolute Gasteiger partial charge is 0.450 e. The number of nitro benzene ring substituents is 1. The molecule has 2 aromatic carbocycles. The van der Waals surface area contributed by atoms with Crippen LogP contribution in [0.5, 0.6) is 11.5 Å². The van der Waals surface area contributed by atoms with E-state index < -0.39 is 10.7 Å². The maximum Gasteiger partial charge on any atom is 0.311 e. The highest BCUT2D eigenvalue weighted by Crippen LogP contribution is 2.33. The van der Waals surface area contributed by atoms with Gasteiger partial charge in [0.15, 0.2) is 0 Å². The van der Waals surface area contributed by atoms with Gasteiger partial charge in [0.1, 0.15) is 11.6 Å². The number of rotatable bonds is 3. The summed E-state index contributed by atoms with van der Waals surface area (Å²) in [4.78, 5) is 10.3. The van der Waals surface area contributed by atoms with Crippen molar-refractivity contribution in [2.24, 2.45) is 0 Å². The molecule has 92 valence electrons. The second-order valence-electron chi connectivity index (χ2n) is 3.43. The third-order valence-electron chi connectivity index (χ3n) is 2.16. The Hall–Kier alpha value is -1.95. The molecular formula is C12H7BrFNO3. The molecule has 0 saturated heterocycles. The average molecular weight is 312 g/mol. The van der Waals surface area contributed by atoms with Gasteiger partial charge in [0.25, 0.3) is 0 Å². The minimum absolute atomic E-state index is 0.0981. The molecule has 0 aliphatic heterocycles. The molecule has 0 atom stereocenters. The molecule has 0 aliphatic carbocycles. The van der Waals surface area contributed by atoms with Crippen LogP contribution in [0.2, 0.25) is 0 Å². The average Bonchev–Trinajstić information content (AvgIpc) is 2.32. The zero-order valence-corrected chi connectivity index (χ0v) is 10.6. The monoisotopic (exact) mass is 311 g/mol. The summed E-state index contributed by atoms with van der Waals surface area (Å²) in [5, 5.41) is 10.8. The first-order chi connectivity index (χ1) is 8.56. The van der Waals surface area contributed by atoms with Crippen molar-refractivity contribution >= 4 is 21.6 Å². The molecule has 0 saturated carbocycles. The van der Waals surface area contributed by atoms with Crippen LogP contribution in [0.3, 0.4) is 0 Å². The Balaban J connectivity index is 2.35. The van der Waals surface area contributed by atoms with E-state index >= 15 is 0 Å². The summed E-state index contributed by atoms with van der Waals surface area (Å²) in [6.45, 7) is 0. The highest BCUT2D eigenvalue weighted by molar-refractivity contribution is 9.10. The van der Waals surface area contributed by atoms with Crippen LogP contribution in [-0.2, 0) is 0 Å². The van der Waals surface area contributed by atoms with Crippen LogP contribution in [0.15, 0.2) is 46.9 Å². The standard InChI is InChI=1S/C12H7BrFNO3/c13-8-1-6-11(15(16)17)12(7-8)18-10-4-2-9(14)3-5-10/h1-7H. The molecule has 4 nitrogen and oxygen atoms in total. The number of halogens is 2. The van der Waals surface area contributed by atoms with Crippen molar-refractivity contribution in [3.63, 3.8) is 0 Å². The summed E-state index contributed by atoms with van der Waals surface area (Å²) in [5.74, 6) is 0.0321. The minimum Gasteiger partial charge on any atom is -0.450 e. The molecule has 0 bridgehead atoms. The highest BCUT2D eigenvalue weighted by Gasteiger charge is 2.15. The van der Waals surface area contributed by atoms with Gasteiger partial charge in [-0.05, 0) is 30.3 Å². The van der Waals surface area contributed by atoms with Gasteiger partial charge in [0.2, 0.25) is 5.75 Å². The van der Waals surface area contributed by atoms with Crippen molar-refractivity contribution in [2.45, 2.75) is 0 Å². The lowest BCUT2D eigenvalue weighted by atomic mass is 10.3. The fourth-order valence-corrected chi connectivity index (χ4v) is 1.69. The van der Waals surface area contributed by atoms with Gasteiger partial charge in [0, 0.05) is 16.6 Å². The van der Waals surface area contributed by atoms with Crippen LogP contribution in [0, 0.1) is 15.9 Å². The smallest absolute Gasteiger partial charge is 0.311 e. The van der Waals surface area contributed by atoms with Crippen LogP contribution >= 0.6 is 15.9 Å². The molecule has 0 aromatic heterocycles. The normalized spacial score (nSPS) is 10.1. The first-order valence-corrected chi connectivity index (χ1v) is 5.73. The predicted molar refractivity (Wildman–Crippen MR) is 67.3 cm³/mol. The number of ether oxygens (including phenoxy) is 1. The Bertz CT molecular complexity index is 586. The first-order valence-electron chi connectivity index (χ1n) is 4.93. The van der Waals surface area contributed by atoms with Crippen LogP contribution in [0.25, 0.3) is 0 Å². The minimum atomic E-state index is -0.536. The SMILES string of the molecule is O=[N+]([O-])c1ccc(Br)cc1Oc1ccc(F)cc1. The van der Waals surface area contributed by atoms with Crippen molar-refractivity contribution in [1.29, 1.82) is 0 Å². The van der Waals surface area contributed by atoms with Gasteiger partial charge in [-0.15, -0.1) is 0 Å². The van der Waals surface area contributed by atoms with Crippen LogP contribution in [0.1, 0.15) is 0 Å². The maximum absolute atomic E-state index is 12.7. The van der Waals surface area contributed by atoms with Gasteiger partial charge in [-0.2, -0.15) is 0 Å². The van der Waals surface area contributed by atoms with Gasteiger partial charge < -0.3 is 4.74 Å². The maximum atomic E-state index is 12.7. The van der Waals surface area contributed by atoms with E-state index in [9.17, 15) is 14.5 Å². The molecule has 0 fully saturated rings. The third kappa shape index (κ3) is 2.84. The second-order valence-corrected chi connectivity index (χ2v) is 4.34. The molecule has 6 heteroatoms. The van der Waals surface area contributed by atoms with Gasteiger partial charge in [0.05, 0.1) is 4.92 Å². The Morgan fingerprint density at radius 1 is 1.17 bits per heavy atom. The quantitative estimate of drug-likeness (QED) is 0.627. The van der Waals surface area contributed by atoms with E-state index in [4.69, 9.17) is 4.74 Å². The van der Waals surface area contributed by atoms with Crippen LogP contribution < -0.4 is 4.74 Å². The fraction of sp³-hybridized carbons (Fsp3) is 0. The van der Waals surface area contributed by atoms with Crippen molar-refractivity contribution in [1.82, 2.24) is 0 Å². The van der Waals surface area contributed by atoms with Gasteiger partial charge in [-0.1, -0.05) is 15.9 Å². The topological polar surface area (TPSA) is 52.4 Å². The molecule has 0 aliphatic rings. The third-order valence-corrected chi connectivity index (χ3v) is 2.65. The number of hydrogen-bond acceptors (Lipinski definition) is 3. The highest BCUT2D eigenvalue weighted by atomic mass is 79.9. The van der Waals surface area contributed by atoms with E-state index in [2.05, 4.69) is 15.9 Å². The molecule has 2 aromatic rings. The van der Waals surface area contributed by atoms with E-state index in [1.165, 1.54) is 36.4 Å². The Labute approximate surface area is 110 Å². The van der Waals surface area contributed by atoms with E-state index in [0.717, 1.165) is 0 Å². The lowest BCUT2D eigenvalue weighted by molar-refractivity contribution is -0.385. The first kappa shape index (κ1) is 12.5. The van der Waals surface area contributed by atoms with E-state index in [0.29, 0.717) is 10.2 Å². The molecule has 0 unspecified atom stereocenters. The lowest BCUT2D eigenvalue weighted by Crippen LogP contribution is -1.93. The number of hydrogen-bond donors (Lipinski definition) is 0. The predicted octanol–water partition coefficient (Wildman–Crippen LogP) is 4.29. The summed E-state index contributed by atoms with van der Waals surface area (Å²) < 4.78 is 18.8. The fourth-order valence-electron chi connectivity index (χ4n) is 1.35. The van der Waals surface area contributed by atoms with Gasteiger partial charge >= 0.3 is 5.69 Å². The van der Waals surface area contributed by atoms with Gasteiger partial charge in [-0.3, -0.25) is 10.1 Å². The Morgan fingerprint density at radius 3 is 2.44 bits per heavy atom. The molecule has 0 radical (unpaired) electrons. The summed E-state index contributed by atoms with van der Waals surface area (Å²) in [5.41, 5.74) is -0.150. The zero-order valence-electron chi connectivity index (χ0n) is 8.97. The Kier molecular flexibility index (Phi) is 3.57. The summed E-state index contributed by atoms with van der Waals surface area (Å²) >= 11 is 3.21. The van der Waals surface area contributed by atoms with Gasteiger partial charge in [-0.25, -0.2) is 4.39 Å². The molecule has 0 N–H and O–H groups in total. The number of nitrogens with zero attached hydrogens (tertiary/aromatic N) is 1. The molecular weight excluding hydrogens is 305 g/mol. The molecule has 0 amide bonds. The molecule has 18 heavy (non-hydrogen) atoms. The van der Waals surface area contributed by atoms with E-state index in [1.807, 2.05) is 0 Å². The molecule has 0 spiro atoms. The van der Waals surface area contributed by atoms with Crippen molar-refractivity contribution < 1.29 is 14.1 Å². The van der Waals surface area contributed by atoms with Crippen molar-refractivity contribution in [2.75, 3.05) is 0 Å². The zero-order chi connectivity index (χ0) is 13.1. The number of benzene rings is 2. The van der Waals surface area contributed by atoms with Crippen molar-refractivity contribution in [3.8, 4) is 11.5 Å². The summed E-state index contributed by atoms with van der Waals surface area (Å²) in [7, 11) is 0. The second kappa shape index (κ2) is 5.14. The van der Waals surface area contributed by atoms with Crippen LogP contribution in [0.4, 0.5) is 10.1 Å². The van der Waals surface area contributed by atoms with E-state index in [-0.39, 0.29) is 11.4 Å². The summed E-state index contributed by atoms with van der Waals surface area (Å²) in [6, 6.07) is 9.62. The lowest BCUT2D eigenvalue weighted by Gasteiger charge is -2.06. The number of nitro groups is 1. The molecule has 0 heterocycles. The van der Waals surface area contributed by atoms with Crippen LogP contribution in [-0.4, -0.2) is 4.92 Å². The molecule has 2 rings (SSSR count). The Morgan fingerprint density at radius 2 is 1.83 bits per heavy atom.